The van der Waals surface area contributed by atoms with Crippen molar-refractivity contribution in [1.29, 1.82) is 0 Å². The summed E-state index contributed by atoms with van der Waals surface area (Å²) in [5.74, 6) is 1.01. The zero-order valence-corrected chi connectivity index (χ0v) is 10.2. The number of hydrogen-bond donors (Lipinski definition) is 1. The van der Waals surface area contributed by atoms with Crippen LogP contribution in [0.25, 0.3) is 0 Å². The second kappa shape index (κ2) is 5.25. The first-order chi connectivity index (χ1) is 7.77. The first-order valence-electron chi connectivity index (χ1n) is 5.79. The standard InChI is InChI=1S/C12H17N3S/c13-12(16)10-6-5-7-11(14-10)15-8-3-1-2-4-9-15/h5-7H,1-4,8-9H2,(H2,13,16). The number of thiocarbonyl (C=S) groups is 1. The average Bonchev–Trinajstić information content (AvgIpc) is 2.57. The molecule has 2 rings (SSSR count). The van der Waals surface area contributed by atoms with Crippen molar-refractivity contribution in [2.75, 3.05) is 18.0 Å². The van der Waals surface area contributed by atoms with E-state index in [9.17, 15) is 0 Å². The van der Waals surface area contributed by atoms with Crippen LogP contribution in [-0.4, -0.2) is 23.1 Å². The van der Waals surface area contributed by atoms with E-state index in [0.717, 1.165) is 24.6 Å². The molecule has 86 valence electrons. The number of rotatable bonds is 2. The van der Waals surface area contributed by atoms with Gasteiger partial charge in [0.2, 0.25) is 0 Å². The molecular weight excluding hydrogens is 218 g/mol. The van der Waals surface area contributed by atoms with Crippen LogP contribution in [0.4, 0.5) is 5.82 Å². The quantitative estimate of drug-likeness (QED) is 0.797. The summed E-state index contributed by atoms with van der Waals surface area (Å²) in [5, 5.41) is 0. The minimum atomic E-state index is 0.372. The van der Waals surface area contributed by atoms with E-state index in [1.807, 2.05) is 18.2 Å². The Bertz CT molecular complexity index is 370. The Labute approximate surface area is 102 Å². The van der Waals surface area contributed by atoms with E-state index in [2.05, 4.69) is 9.88 Å². The maximum absolute atomic E-state index is 5.59. The van der Waals surface area contributed by atoms with Crippen LogP contribution in [0.3, 0.4) is 0 Å². The van der Waals surface area contributed by atoms with Crippen molar-refractivity contribution in [2.45, 2.75) is 25.7 Å². The monoisotopic (exact) mass is 235 g/mol. The summed E-state index contributed by atoms with van der Waals surface area (Å²) < 4.78 is 0. The molecule has 1 aliphatic rings. The lowest BCUT2D eigenvalue weighted by atomic mass is 10.2. The van der Waals surface area contributed by atoms with E-state index in [1.54, 1.807) is 0 Å². The molecule has 2 N–H and O–H groups in total. The zero-order chi connectivity index (χ0) is 11.4. The van der Waals surface area contributed by atoms with Crippen molar-refractivity contribution >= 4 is 23.0 Å². The molecule has 1 aromatic heterocycles. The highest BCUT2D eigenvalue weighted by Gasteiger charge is 2.11. The topological polar surface area (TPSA) is 42.1 Å². The minimum absolute atomic E-state index is 0.372. The summed E-state index contributed by atoms with van der Waals surface area (Å²) in [6.45, 7) is 2.18. The van der Waals surface area contributed by atoms with Crippen LogP contribution >= 0.6 is 12.2 Å². The van der Waals surface area contributed by atoms with Crippen molar-refractivity contribution < 1.29 is 0 Å². The largest absolute Gasteiger partial charge is 0.388 e. The molecule has 0 amide bonds. The number of anilines is 1. The van der Waals surface area contributed by atoms with E-state index in [0.29, 0.717) is 4.99 Å². The summed E-state index contributed by atoms with van der Waals surface area (Å²) in [5.41, 5.74) is 6.31. The molecule has 1 aromatic rings. The van der Waals surface area contributed by atoms with E-state index < -0.39 is 0 Å². The lowest BCUT2D eigenvalue weighted by Gasteiger charge is -2.21. The minimum Gasteiger partial charge on any atom is -0.388 e. The van der Waals surface area contributed by atoms with Crippen molar-refractivity contribution in [3.8, 4) is 0 Å². The Balaban J connectivity index is 2.18. The van der Waals surface area contributed by atoms with Crippen LogP contribution in [-0.2, 0) is 0 Å². The molecule has 16 heavy (non-hydrogen) atoms. The molecule has 3 nitrogen and oxygen atoms in total. The zero-order valence-electron chi connectivity index (χ0n) is 9.35. The van der Waals surface area contributed by atoms with Gasteiger partial charge in [0, 0.05) is 13.1 Å². The van der Waals surface area contributed by atoms with Crippen molar-refractivity contribution in [2.24, 2.45) is 5.73 Å². The molecule has 0 aliphatic carbocycles. The SMILES string of the molecule is NC(=S)c1cccc(N2CCCCCC2)n1. The first-order valence-corrected chi connectivity index (χ1v) is 6.20. The van der Waals surface area contributed by atoms with Gasteiger partial charge in [-0.25, -0.2) is 4.98 Å². The number of pyridine rings is 1. The number of nitrogens with two attached hydrogens (primary N) is 1. The van der Waals surface area contributed by atoms with Crippen molar-refractivity contribution in [3.05, 3.63) is 23.9 Å². The third kappa shape index (κ3) is 2.70. The van der Waals surface area contributed by atoms with Crippen LogP contribution < -0.4 is 10.6 Å². The van der Waals surface area contributed by atoms with E-state index in [4.69, 9.17) is 18.0 Å². The van der Waals surface area contributed by atoms with Gasteiger partial charge in [0.15, 0.2) is 0 Å². The highest BCUT2D eigenvalue weighted by Crippen LogP contribution is 2.17. The van der Waals surface area contributed by atoms with Crippen molar-refractivity contribution in [3.63, 3.8) is 0 Å². The molecule has 1 saturated heterocycles. The third-order valence-electron chi connectivity index (χ3n) is 2.92. The molecule has 0 bridgehead atoms. The third-order valence-corrected chi connectivity index (χ3v) is 3.13. The van der Waals surface area contributed by atoms with E-state index in [1.165, 1.54) is 25.7 Å². The molecule has 1 fully saturated rings. The second-order valence-electron chi connectivity index (χ2n) is 4.15. The normalized spacial score (nSPS) is 16.9. The molecule has 2 heterocycles. The van der Waals surface area contributed by atoms with Gasteiger partial charge in [-0.05, 0) is 25.0 Å². The second-order valence-corrected chi connectivity index (χ2v) is 4.59. The van der Waals surface area contributed by atoms with Crippen LogP contribution in [0.2, 0.25) is 0 Å². The summed E-state index contributed by atoms with van der Waals surface area (Å²) in [7, 11) is 0. The molecule has 0 radical (unpaired) electrons. The molecule has 0 saturated carbocycles. The van der Waals surface area contributed by atoms with Crippen LogP contribution in [0.1, 0.15) is 31.4 Å². The summed E-state index contributed by atoms with van der Waals surface area (Å²) >= 11 is 4.95. The van der Waals surface area contributed by atoms with Crippen LogP contribution in [0.5, 0.6) is 0 Å². The van der Waals surface area contributed by atoms with Gasteiger partial charge < -0.3 is 10.6 Å². The van der Waals surface area contributed by atoms with Gasteiger partial charge in [-0.1, -0.05) is 31.1 Å². The predicted molar refractivity (Wildman–Crippen MR) is 70.8 cm³/mol. The Morgan fingerprint density at radius 1 is 1.19 bits per heavy atom. The predicted octanol–water partition coefficient (Wildman–Crippen LogP) is 2.10. The number of aromatic nitrogens is 1. The van der Waals surface area contributed by atoms with Gasteiger partial charge in [-0.15, -0.1) is 0 Å². The maximum Gasteiger partial charge on any atom is 0.129 e. The lowest BCUT2D eigenvalue weighted by Crippen LogP contribution is -2.25. The molecule has 1 aliphatic heterocycles. The van der Waals surface area contributed by atoms with Gasteiger partial charge in [-0.2, -0.15) is 0 Å². The Hall–Kier alpha value is -1.16. The fourth-order valence-corrected chi connectivity index (χ4v) is 2.15. The fraction of sp³-hybridized carbons (Fsp3) is 0.500. The van der Waals surface area contributed by atoms with Crippen LogP contribution in [0, 0.1) is 0 Å². The highest BCUT2D eigenvalue weighted by molar-refractivity contribution is 7.80. The molecular formula is C12H17N3S. The lowest BCUT2D eigenvalue weighted by molar-refractivity contribution is 0.726. The maximum atomic E-state index is 5.59. The van der Waals surface area contributed by atoms with E-state index in [-0.39, 0.29) is 0 Å². The number of nitrogens with zero attached hydrogens (tertiary/aromatic N) is 2. The fourth-order valence-electron chi connectivity index (χ4n) is 2.04. The van der Waals surface area contributed by atoms with Gasteiger partial charge in [-0.3, -0.25) is 0 Å². The van der Waals surface area contributed by atoms with Crippen molar-refractivity contribution in [1.82, 2.24) is 4.98 Å². The van der Waals surface area contributed by atoms with Gasteiger partial charge in [0.25, 0.3) is 0 Å². The summed E-state index contributed by atoms with van der Waals surface area (Å²) in [4.78, 5) is 7.20. The molecule has 0 aromatic carbocycles. The summed E-state index contributed by atoms with van der Waals surface area (Å²) in [6, 6.07) is 5.87. The molecule has 4 heteroatoms. The van der Waals surface area contributed by atoms with Crippen LogP contribution in [0.15, 0.2) is 18.2 Å². The van der Waals surface area contributed by atoms with E-state index >= 15 is 0 Å². The highest BCUT2D eigenvalue weighted by atomic mass is 32.1. The Morgan fingerprint density at radius 3 is 2.50 bits per heavy atom. The first kappa shape index (κ1) is 11.3. The average molecular weight is 235 g/mol. The van der Waals surface area contributed by atoms with Gasteiger partial charge >= 0.3 is 0 Å². The molecule has 0 unspecified atom stereocenters. The summed E-state index contributed by atoms with van der Waals surface area (Å²) in [6.07, 6.45) is 5.15. The molecule has 0 atom stereocenters. The van der Waals surface area contributed by atoms with Gasteiger partial charge in [0.05, 0.1) is 5.69 Å². The Morgan fingerprint density at radius 2 is 1.88 bits per heavy atom. The Kier molecular flexibility index (Phi) is 3.72. The smallest absolute Gasteiger partial charge is 0.129 e. The van der Waals surface area contributed by atoms with Gasteiger partial charge in [0.1, 0.15) is 10.8 Å². The number of hydrogen-bond acceptors (Lipinski definition) is 3. The molecule has 0 spiro atoms.